The first-order valence-electron chi connectivity index (χ1n) is 9.21. The van der Waals surface area contributed by atoms with E-state index < -0.39 is 21.3 Å². The number of alkyl carbamates (subject to hydrolysis) is 1. The van der Waals surface area contributed by atoms with E-state index in [-0.39, 0.29) is 11.5 Å². The predicted molar refractivity (Wildman–Crippen MR) is 106 cm³/mol. The molecule has 0 bridgehead atoms. The highest BCUT2D eigenvalue weighted by Crippen LogP contribution is 2.20. The van der Waals surface area contributed by atoms with Crippen molar-refractivity contribution in [2.45, 2.75) is 56.4 Å². The number of amides is 1. The third-order valence-corrected chi connectivity index (χ3v) is 6.32. The van der Waals surface area contributed by atoms with Gasteiger partial charge in [0.15, 0.2) is 9.84 Å². The van der Waals surface area contributed by atoms with Gasteiger partial charge in [0, 0.05) is 0 Å². The number of nitrogens with one attached hydrogen (secondary N) is 1. The zero-order valence-electron chi connectivity index (χ0n) is 15.9. The van der Waals surface area contributed by atoms with Crippen LogP contribution in [0.3, 0.4) is 0 Å². The Labute approximate surface area is 161 Å². The Hall–Kier alpha value is -2.34. The molecule has 0 fully saturated rings. The van der Waals surface area contributed by atoms with E-state index in [1.54, 1.807) is 24.3 Å². The fourth-order valence-electron chi connectivity index (χ4n) is 2.67. The van der Waals surface area contributed by atoms with E-state index in [9.17, 15) is 13.2 Å². The van der Waals surface area contributed by atoms with Crippen LogP contribution < -0.4 is 5.32 Å². The van der Waals surface area contributed by atoms with Crippen LogP contribution in [0.2, 0.25) is 0 Å². The van der Waals surface area contributed by atoms with Gasteiger partial charge in [-0.2, -0.15) is 0 Å². The standard InChI is InChI=1S/C21H27NO4S/c1-3-4-6-11-20(27(24,25)19-14-12-17(2)13-15-19)22-21(23)26-16-18-9-7-5-8-10-18/h5,7-10,12-15,20H,3-4,6,11,16H2,1-2H3,(H,22,23). The highest BCUT2D eigenvalue weighted by Gasteiger charge is 2.29. The first kappa shape index (κ1) is 21.0. The maximum absolute atomic E-state index is 13.0. The van der Waals surface area contributed by atoms with Crippen LogP contribution in [0.5, 0.6) is 0 Å². The van der Waals surface area contributed by atoms with Gasteiger partial charge < -0.3 is 10.1 Å². The zero-order valence-corrected chi connectivity index (χ0v) is 16.7. The van der Waals surface area contributed by atoms with Crippen molar-refractivity contribution in [2.24, 2.45) is 0 Å². The fraction of sp³-hybridized carbons (Fsp3) is 0.381. The van der Waals surface area contributed by atoms with Gasteiger partial charge >= 0.3 is 6.09 Å². The lowest BCUT2D eigenvalue weighted by Crippen LogP contribution is -2.41. The normalized spacial score (nSPS) is 12.4. The number of benzene rings is 2. The summed E-state index contributed by atoms with van der Waals surface area (Å²) in [6.07, 6.45) is 2.21. The van der Waals surface area contributed by atoms with E-state index >= 15 is 0 Å². The van der Waals surface area contributed by atoms with Crippen LogP contribution >= 0.6 is 0 Å². The summed E-state index contributed by atoms with van der Waals surface area (Å²) in [4.78, 5) is 12.4. The van der Waals surface area contributed by atoms with Crippen LogP contribution in [-0.2, 0) is 21.2 Å². The molecule has 0 aliphatic heterocycles. The molecule has 27 heavy (non-hydrogen) atoms. The Kier molecular flexibility index (Phi) is 7.85. The van der Waals surface area contributed by atoms with E-state index in [4.69, 9.17) is 4.74 Å². The molecule has 0 heterocycles. The molecule has 2 aromatic rings. The van der Waals surface area contributed by atoms with Crippen molar-refractivity contribution < 1.29 is 17.9 Å². The minimum atomic E-state index is -3.69. The van der Waals surface area contributed by atoms with Crippen molar-refractivity contribution in [3.63, 3.8) is 0 Å². The van der Waals surface area contributed by atoms with Crippen LogP contribution in [0, 0.1) is 6.92 Å². The summed E-state index contributed by atoms with van der Waals surface area (Å²) in [5.41, 5.74) is 1.82. The Morgan fingerprint density at radius 2 is 1.70 bits per heavy atom. The van der Waals surface area contributed by atoms with E-state index in [1.165, 1.54) is 0 Å². The van der Waals surface area contributed by atoms with Crippen molar-refractivity contribution in [3.05, 3.63) is 65.7 Å². The molecule has 0 aromatic heterocycles. The van der Waals surface area contributed by atoms with Crippen LogP contribution in [0.25, 0.3) is 0 Å². The first-order chi connectivity index (χ1) is 12.9. The lowest BCUT2D eigenvalue weighted by atomic mass is 10.2. The SMILES string of the molecule is CCCCCC(NC(=O)OCc1ccccc1)S(=O)(=O)c1ccc(C)cc1. The number of ether oxygens (including phenoxy) is 1. The second-order valence-electron chi connectivity index (χ2n) is 6.55. The second kappa shape index (κ2) is 10.1. The quantitative estimate of drug-likeness (QED) is 0.636. The molecule has 1 atom stereocenters. The lowest BCUT2D eigenvalue weighted by Gasteiger charge is -2.19. The van der Waals surface area contributed by atoms with Crippen molar-refractivity contribution in [1.82, 2.24) is 5.32 Å². The number of sulfone groups is 1. The zero-order chi connectivity index (χ0) is 19.7. The average molecular weight is 390 g/mol. The fourth-order valence-corrected chi connectivity index (χ4v) is 4.25. The minimum Gasteiger partial charge on any atom is -0.445 e. The van der Waals surface area contributed by atoms with Crippen molar-refractivity contribution in [1.29, 1.82) is 0 Å². The number of carbonyl (C=O) groups excluding carboxylic acids is 1. The highest BCUT2D eigenvalue weighted by atomic mass is 32.2. The Morgan fingerprint density at radius 1 is 1.04 bits per heavy atom. The number of aryl methyl sites for hydroxylation is 1. The van der Waals surface area contributed by atoms with E-state index in [0.717, 1.165) is 24.0 Å². The van der Waals surface area contributed by atoms with Gasteiger partial charge in [0.1, 0.15) is 12.0 Å². The molecule has 1 N–H and O–H groups in total. The number of hydrogen-bond acceptors (Lipinski definition) is 4. The number of rotatable bonds is 9. The third-order valence-electron chi connectivity index (χ3n) is 4.29. The molecule has 0 aliphatic carbocycles. The van der Waals surface area contributed by atoms with Gasteiger partial charge in [-0.15, -0.1) is 0 Å². The van der Waals surface area contributed by atoms with Gasteiger partial charge in [-0.25, -0.2) is 13.2 Å². The summed E-state index contributed by atoms with van der Waals surface area (Å²) in [6.45, 7) is 4.04. The van der Waals surface area contributed by atoms with Gasteiger partial charge in [0.25, 0.3) is 0 Å². The molecule has 1 amide bonds. The van der Waals surface area contributed by atoms with Gasteiger partial charge in [-0.1, -0.05) is 74.2 Å². The van der Waals surface area contributed by atoms with Gasteiger partial charge in [-0.3, -0.25) is 0 Å². The molecule has 2 rings (SSSR count). The second-order valence-corrected chi connectivity index (χ2v) is 8.68. The maximum atomic E-state index is 13.0. The molecule has 146 valence electrons. The third kappa shape index (κ3) is 6.40. The monoisotopic (exact) mass is 389 g/mol. The number of hydrogen-bond donors (Lipinski definition) is 1. The van der Waals surface area contributed by atoms with Crippen molar-refractivity contribution in [2.75, 3.05) is 0 Å². The molecule has 0 saturated heterocycles. The Bertz CT molecular complexity index is 817. The van der Waals surface area contributed by atoms with Crippen LogP contribution in [0.1, 0.15) is 43.7 Å². The molecule has 0 saturated carbocycles. The Morgan fingerprint density at radius 3 is 2.33 bits per heavy atom. The van der Waals surface area contributed by atoms with Crippen molar-refractivity contribution in [3.8, 4) is 0 Å². The van der Waals surface area contributed by atoms with Gasteiger partial charge in [0.2, 0.25) is 0 Å². The molecule has 0 spiro atoms. The topological polar surface area (TPSA) is 72.5 Å². The molecule has 2 aromatic carbocycles. The van der Waals surface area contributed by atoms with Gasteiger partial charge in [0.05, 0.1) is 4.90 Å². The molecule has 5 nitrogen and oxygen atoms in total. The summed E-state index contributed by atoms with van der Waals surface area (Å²) >= 11 is 0. The lowest BCUT2D eigenvalue weighted by molar-refractivity contribution is 0.138. The molecule has 6 heteroatoms. The average Bonchev–Trinajstić information content (AvgIpc) is 2.67. The largest absolute Gasteiger partial charge is 0.445 e. The Balaban J connectivity index is 2.08. The van der Waals surface area contributed by atoms with E-state index in [2.05, 4.69) is 5.32 Å². The molecular weight excluding hydrogens is 362 g/mol. The number of carbonyl (C=O) groups is 1. The smallest absolute Gasteiger partial charge is 0.408 e. The summed E-state index contributed by atoms with van der Waals surface area (Å²) in [7, 11) is -3.69. The minimum absolute atomic E-state index is 0.0962. The van der Waals surface area contributed by atoms with Gasteiger partial charge in [-0.05, 0) is 31.0 Å². The van der Waals surface area contributed by atoms with E-state index in [1.807, 2.05) is 44.2 Å². The van der Waals surface area contributed by atoms with Crippen molar-refractivity contribution >= 4 is 15.9 Å². The summed E-state index contributed by atoms with van der Waals surface area (Å²) in [5.74, 6) is 0. The predicted octanol–water partition coefficient (Wildman–Crippen LogP) is 4.60. The molecule has 0 radical (unpaired) electrons. The van der Waals surface area contributed by atoms with Crippen LogP contribution in [0.15, 0.2) is 59.5 Å². The number of unbranched alkanes of at least 4 members (excludes halogenated alkanes) is 2. The molecular formula is C21H27NO4S. The summed E-state index contributed by atoms with van der Waals surface area (Å²) in [6, 6.07) is 15.9. The molecule has 1 unspecified atom stereocenters. The summed E-state index contributed by atoms with van der Waals surface area (Å²) in [5, 5.41) is 1.55. The van der Waals surface area contributed by atoms with E-state index in [0.29, 0.717) is 12.8 Å². The molecule has 0 aliphatic rings. The van der Waals surface area contributed by atoms with Crippen LogP contribution in [0.4, 0.5) is 4.79 Å². The van der Waals surface area contributed by atoms with Crippen LogP contribution in [-0.4, -0.2) is 19.9 Å². The maximum Gasteiger partial charge on any atom is 0.408 e. The summed E-state index contributed by atoms with van der Waals surface area (Å²) < 4.78 is 31.2. The first-order valence-corrected chi connectivity index (χ1v) is 10.8. The highest BCUT2D eigenvalue weighted by molar-refractivity contribution is 7.92.